The van der Waals surface area contributed by atoms with Crippen LogP contribution in [0.25, 0.3) is 11.4 Å². The molecule has 0 aliphatic heterocycles. The Hall–Kier alpha value is -1.03. The minimum Gasteiger partial charge on any atom is -0.394 e. The van der Waals surface area contributed by atoms with Gasteiger partial charge in [-0.1, -0.05) is 46.9 Å². The zero-order valence-corrected chi connectivity index (χ0v) is 10.2. The van der Waals surface area contributed by atoms with E-state index in [1.165, 1.54) is 0 Å². The molecule has 0 unspecified atom stereocenters. The lowest BCUT2D eigenvalue weighted by molar-refractivity contribution is 1.18. The number of aromatic nitrogens is 2. The van der Waals surface area contributed by atoms with Crippen LogP contribution in [0.1, 0.15) is 0 Å². The van der Waals surface area contributed by atoms with Crippen LogP contribution in [-0.4, -0.2) is 9.97 Å². The van der Waals surface area contributed by atoms with E-state index < -0.39 is 0 Å². The Morgan fingerprint density at radius 1 is 1.00 bits per heavy atom. The van der Waals surface area contributed by atoms with Crippen molar-refractivity contribution in [3.8, 4) is 11.4 Å². The lowest BCUT2D eigenvalue weighted by atomic mass is 10.2. The summed E-state index contributed by atoms with van der Waals surface area (Å²) in [5.74, 6) is 0.395. The third-order valence-corrected chi connectivity index (χ3v) is 2.75. The van der Waals surface area contributed by atoms with E-state index in [-0.39, 0.29) is 16.0 Å². The normalized spacial score (nSPS) is 10.4. The molecule has 2 N–H and O–H groups in total. The van der Waals surface area contributed by atoms with Gasteiger partial charge in [0.2, 0.25) is 0 Å². The van der Waals surface area contributed by atoms with E-state index in [4.69, 9.17) is 40.5 Å². The van der Waals surface area contributed by atoms with Crippen LogP contribution in [0, 0.1) is 0 Å². The van der Waals surface area contributed by atoms with Crippen molar-refractivity contribution in [2.24, 2.45) is 0 Å². The molecular weight excluding hydrogens is 268 g/mol. The highest BCUT2D eigenvalue weighted by Gasteiger charge is 2.09. The molecule has 16 heavy (non-hydrogen) atoms. The molecule has 1 aromatic heterocycles. The summed E-state index contributed by atoms with van der Waals surface area (Å²) in [5, 5.41) is 0.857. The molecule has 2 aromatic rings. The van der Waals surface area contributed by atoms with Crippen LogP contribution in [0.4, 0.5) is 5.69 Å². The molecule has 0 bridgehead atoms. The van der Waals surface area contributed by atoms with Crippen molar-refractivity contribution >= 4 is 40.5 Å². The molecule has 1 aromatic carbocycles. The van der Waals surface area contributed by atoms with E-state index in [1.807, 2.05) is 6.07 Å². The maximum atomic E-state index is 5.86. The fourth-order valence-electron chi connectivity index (χ4n) is 1.17. The van der Waals surface area contributed by atoms with Gasteiger partial charge in [-0.25, -0.2) is 9.97 Å². The lowest BCUT2D eigenvalue weighted by Crippen LogP contribution is -1.97. The van der Waals surface area contributed by atoms with Crippen molar-refractivity contribution in [3.05, 3.63) is 39.6 Å². The molecule has 0 aliphatic rings. The summed E-state index contributed by atoms with van der Waals surface area (Å²) in [6.07, 6.45) is 0. The maximum absolute atomic E-state index is 5.86. The molecule has 0 atom stereocenters. The van der Waals surface area contributed by atoms with Gasteiger partial charge in [-0.05, 0) is 12.1 Å². The van der Waals surface area contributed by atoms with E-state index in [0.29, 0.717) is 10.8 Å². The third kappa shape index (κ3) is 2.21. The van der Waals surface area contributed by atoms with E-state index in [2.05, 4.69) is 9.97 Å². The van der Waals surface area contributed by atoms with E-state index in [1.54, 1.807) is 18.2 Å². The minimum absolute atomic E-state index is 0.134. The molecule has 1 heterocycles. The second-order valence-electron chi connectivity index (χ2n) is 3.05. The minimum atomic E-state index is 0.134. The Balaban J connectivity index is 2.57. The zero-order chi connectivity index (χ0) is 11.7. The van der Waals surface area contributed by atoms with Gasteiger partial charge >= 0.3 is 0 Å². The molecule has 3 nitrogen and oxygen atoms in total. The first-order valence-electron chi connectivity index (χ1n) is 4.32. The Morgan fingerprint density at radius 2 is 1.62 bits per heavy atom. The number of benzene rings is 1. The number of anilines is 1. The SMILES string of the molecule is Nc1c(Cl)nc(-c2cccc(Cl)c2)nc1Cl. The summed E-state index contributed by atoms with van der Waals surface area (Å²) in [5.41, 5.74) is 6.45. The summed E-state index contributed by atoms with van der Waals surface area (Å²) in [6, 6.07) is 7.08. The quantitative estimate of drug-likeness (QED) is 0.807. The van der Waals surface area contributed by atoms with E-state index in [9.17, 15) is 0 Å². The molecular formula is C10H6Cl3N3. The molecule has 82 valence electrons. The monoisotopic (exact) mass is 273 g/mol. The van der Waals surface area contributed by atoms with Crippen molar-refractivity contribution in [1.29, 1.82) is 0 Å². The van der Waals surface area contributed by atoms with Gasteiger partial charge in [-0.15, -0.1) is 0 Å². The molecule has 0 spiro atoms. The molecule has 0 saturated heterocycles. The molecule has 0 aliphatic carbocycles. The number of nitrogen functional groups attached to an aromatic ring is 1. The molecule has 0 amide bonds. The zero-order valence-electron chi connectivity index (χ0n) is 7.92. The van der Waals surface area contributed by atoms with Crippen LogP contribution in [0.15, 0.2) is 24.3 Å². The number of nitrogens with two attached hydrogens (primary N) is 1. The second-order valence-corrected chi connectivity index (χ2v) is 4.21. The second kappa shape index (κ2) is 4.45. The molecule has 0 radical (unpaired) electrons. The summed E-state index contributed by atoms with van der Waals surface area (Å²) < 4.78 is 0. The van der Waals surface area contributed by atoms with Crippen molar-refractivity contribution in [3.63, 3.8) is 0 Å². The average Bonchev–Trinajstić information content (AvgIpc) is 2.25. The predicted molar refractivity (Wildman–Crippen MR) is 66.9 cm³/mol. The first-order chi connectivity index (χ1) is 7.58. The smallest absolute Gasteiger partial charge is 0.162 e. The van der Waals surface area contributed by atoms with E-state index in [0.717, 1.165) is 5.56 Å². The number of hydrogen-bond donors (Lipinski definition) is 1. The van der Waals surface area contributed by atoms with Crippen LogP contribution in [0.5, 0.6) is 0 Å². The predicted octanol–water partition coefficient (Wildman–Crippen LogP) is 3.69. The van der Waals surface area contributed by atoms with Gasteiger partial charge in [-0.2, -0.15) is 0 Å². The van der Waals surface area contributed by atoms with E-state index >= 15 is 0 Å². The van der Waals surface area contributed by atoms with Crippen LogP contribution in [0.3, 0.4) is 0 Å². The number of halogens is 3. The number of hydrogen-bond acceptors (Lipinski definition) is 3. The Morgan fingerprint density at radius 3 is 2.19 bits per heavy atom. The highest BCUT2D eigenvalue weighted by Crippen LogP contribution is 2.28. The Kier molecular flexibility index (Phi) is 3.19. The van der Waals surface area contributed by atoms with Gasteiger partial charge in [0.15, 0.2) is 16.1 Å². The highest BCUT2D eigenvalue weighted by molar-refractivity contribution is 6.37. The van der Waals surface area contributed by atoms with Gasteiger partial charge in [0.1, 0.15) is 5.69 Å². The van der Waals surface area contributed by atoms with Gasteiger partial charge in [0, 0.05) is 10.6 Å². The van der Waals surface area contributed by atoms with Gasteiger partial charge in [-0.3, -0.25) is 0 Å². The molecule has 2 rings (SSSR count). The first kappa shape index (κ1) is 11.5. The number of nitrogens with zero attached hydrogens (tertiary/aromatic N) is 2. The Labute approximate surface area is 107 Å². The van der Waals surface area contributed by atoms with Crippen molar-refractivity contribution in [2.45, 2.75) is 0 Å². The fraction of sp³-hybridized carbons (Fsp3) is 0. The summed E-state index contributed by atoms with van der Waals surface area (Å²) in [7, 11) is 0. The number of rotatable bonds is 1. The van der Waals surface area contributed by atoms with Crippen LogP contribution >= 0.6 is 34.8 Å². The first-order valence-corrected chi connectivity index (χ1v) is 5.46. The van der Waals surface area contributed by atoms with Crippen molar-refractivity contribution in [1.82, 2.24) is 9.97 Å². The summed E-state index contributed by atoms with van der Waals surface area (Å²) in [4.78, 5) is 8.06. The van der Waals surface area contributed by atoms with Crippen molar-refractivity contribution in [2.75, 3.05) is 5.73 Å². The molecule has 0 fully saturated rings. The fourth-order valence-corrected chi connectivity index (χ4v) is 1.75. The largest absolute Gasteiger partial charge is 0.394 e. The summed E-state index contributed by atoms with van der Waals surface area (Å²) in [6.45, 7) is 0. The van der Waals surface area contributed by atoms with Gasteiger partial charge in [0.05, 0.1) is 0 Å². The summed E-state index contributed by atoms with van der Waals surface area (Å²) >= 11 is 17.5. The lowest BCUT2D eigenvalue weighted by Gasteiger charge is -2.04. The molecule has 6 heteroatoms. The average molecular weight is 275 g/mol. The highest BCUT2D eigenvalue weighted by atomic mass is 35.5. The van der Waals surface area contributed by atoms with Gasteiger partial charge in [0.25, 0.3) is 0 Å². The standard InChI is InChI=1S/C10H6Cl3N3/c11-6-3-1-2-5(4-6)10-15-8(12)7(14)9(13)16-10/h1-4H,14H2. The van der Waals surface area contributed by atoms with Gasteiger partial charge < -0.3 is 5.73 Å². The van der Waals surface area contributed by atoms with Crippen molar-refractivity contribution < 1.29 is 0 Å². The maximum Gasteiger partial charge on any atom is 0.162 e. The van der Waals surface area contributed by atoms with Crippen LogP contribution in [0.2, 0.25) is 15.3 Å². The van der Waals surface area contributed by atoms with Crippen LogP contribution < -0.4 is 5.73 Å². The Bertz CT molecular complexity index is 520. The topological polar surface area (TPSA) is 51.8 Å². The molecule has 0 saturated carbocycles. The van der Waals surface area contributed by atoms with Crippen LogP contribution in [-0.2, 0) is 0 Å². The third-order valence-electron chi connectivity index (χ3n) is 1.94.